The van der Waals surface area contributed by atoms with Crippen LogP contribution in [0.1, 0.15) is 24.0 Å². The van der Waals surface area contributed by atoms with E-state index in [-0.39, 0.29) is 18.4 Å². The van der Waals surface area contributed by atoms with Crippen molar-refractivity contribution in [2.45, 2.75) is 39.1 Å². The second-order valence-electron chi connectivity index (χ2n) is 6.83. The number of nitrogens with zero attached hydrogens (tertiary/aromatic N) is 1. The maximum absolute atomic E-state index is 12.4. The maximum atomic E-state index is 12.4. The molecule has 0 spiro atoms. The summed E-state index contributed by atoms with van der Waals surface area (Å²) in [6.45, 7) is 5.09. The summed E-state index contributed by atoms with van der Waals surface area (Å²) in [5.41, 5.74) is 7.47. The first-order valence-electron chi connectivity index (χ1n) is 8.35. The smallest absolute Gasteiger partial charge is 0.254 e. The number of anilines is 1. The zero-order chi connectivity index (χ0) is 16.8. The second kappa shape index (κ2) is 6.15. The van der Waals surface area contributed by atoms with Crippen LogP contribution in [0.25, 0.3) is 0 Å². The molecule has 2 unspecified atom stereocenters. The van der Waals surface area contributed by atoms with Gasteiger partial charge in [-0.05, 0) is 55.9 Å². The number of halogens is 1. The van der Waals surface area contributed by atoms with E-state index in [2.05, 4.69) is 63.3 Å². The van der Waals surface area contributed by atoms with Gasteiger partial charge in [0.2, 0.25) is 0 Å². The number of nitrogens with one attached hydrogen (secondary N) is 4. The van der Waals surface area contributed by atoms with Crippen molar-refractivity contribution in [3.63, 3.8) is 0 Å². The molecule has 4 rings (SSSR count). The number of hydrogen-bond acceptors (Lipinski definition) is 5. The number of aryl methyl sites for hydroxylation is 2. The monoisotopic (exact) mass is 391 g/mol. The van der Waals surface area contributed by atoms with Crippen molar-refractivity contribution in [1.29, 1.82) is 0 Å². The Balaban J connectivity index is 1.51. The second-order valence-corrected chi connectivity index (χ2v) is 7.75. The van der Waals surface area contributed by atoms with Gasteiger partial charge in [0.1, 0.15) is 12.5 Å². The normalized spacial score (nSPS) is 26.2. The summed E-state index contributed by atoms with van der Waals surface area (Å²) in [5.74, 6) is 0.733. The fraction of sp³-hybridized carbons (Fsp3) is 0.471. The molecule has 1 amide bonds. The first kappa shape index (κ1) is 16.1. The summed E-state index contributed by atoms with van der Waals surface area (Å²) in [7, 11) is 0. The van der Waals surface area contributed by atoms with Gasteiger partial charge < -0.3 is 5.32 Å². The van der Waals surface area contributed by atoms with Crippen LogP contribution >= 0.6 is 15.9 Å². The molecular weight excluding hydrogens is 370 g/mol. The lowest BCUT2D eigenvalue weighted by Gasteiger charge is -2.32. The van der Waals surface area contributed by atoms with Gasteiger partial charge >= 0.3 is 0 Å². The molecule has 1 aliphatic carbocycles. The molecule has 1 aromatic carbocycles. The predicted molar refractivity (Wildman–Crippen MR) is 96.9 cm³/mol. The zero-order valence-electron chi connectivity index (χ0n) is 13.8. The van der Waals surface area contributed by atoms with Crippen LogP contribution in [0.4, 0.5) is 5.69 Å². The van der Waals surface area contributed by atoms with E-state index >= 15 is 0 Å². The summed E-state index contributed by atoms with van der Waals surface area (Å²) < 4.78 is 1.06. The minimum atomic E-state index is -0.195. The molecule has 128 valence electrons. The van der Waals surface area contributed by atoms with E-state index in [1.165, 1.54) is 12.8 Å². The van der Waals surface area contributed by atoms with Crippen LogP contribution in [0, 0.1) is 19.8 Å². The topological polar surface area (TPSA) is 68.4 Å². The third-order valence-corrected chi connectivity index (χ3v) is 5.18. The lowest BCUT2D eigenvalue weighted by atomic mass is 10.1. The average molecular weight is 392 g/mol. The number of hydrazine groups is 1. The van der Waals surface area contributed by atoms with E-state index in [4.69, 9.17) is 0 Å². The largest absolute Gasteiger partial charge is 0.324 e. The van der Waals surface area contributed by atoms with Gasteiger partial charge in [-0.3, -0.25) is 20.4 Å². The Bertz CT molecular complexity index is 692. The average Bonchev–Trinajstić information content (AvgIpc) is 3.23. The van der Waals surface area contributed by atoms with Crippen LogP contribution in [-0.2, 0) is 4.79 Å². The summed E-state index contributed by atoms with van der Waals surface area (Å²) in [5, 5.41) is 11.7. The molecule has 6 nitrogen and oxygen atoms in total. The highest BCUT2D eigenvalue weighted by Gasteiger charge is 2.37. The van der Waals surface area contributed by atoms with Crippen molar-refractivity contribution in [2.24, 2.45) is 5.92 Å². The minimum absolute atomic E-state index is 0.0329. The summed E-state index contributed by atoms with van der Waals surface area (Å²) in [6.07, 6.45) is 4.08. The lowest BCUT2D eigenvalue weighted by Crippen LogP contribution is -2.66. The van der Waals surface area contributed by atoms with Gasteiger partial charge in [0.15, 0.2) is 0 Å². The summed E-state index contributed by atoms with van der Waals surface area (Å²) >= 11 is 3.53. The fourth-order valence-corrected chi connectivity index (χ4v) is 4.01. The highest BCUT2D eigenvalue weighted by Crippen LogP contribution is 2.31. The molecule has 2 heterocycles. The Labute approximate surface area is 150 Å². The molecule has 0 bridgehead atoms. The van der Waals surface area contributed by atoms with Gasteiger partial charge in [0.25, 0.3) is 5.91 Å². The van der Waals surface area contributed by atoms with Gasteiger partial charge in [-0.25, -0.2) is 5.43 Å². The molecule has 2 fully saturated rings. The number of fused-ring (bicyclic) bond motifs is 1. The summed E-state index contributed by atoms with van der Waals surface area (Å²) in [4.78, 5) is 12.4. The number of hydrogen-bond donors (Lipinski definition) is 4. The molecule has 24 heavy (non-hydrogen) atoms. The van der Waals surface area contributed by atoms with Gasteiger partial charge in [0.05, 0.1) is 11.3 Å². The van der Waals surface area contributed by atoms with E-state index in [0.29, 0.717) is 5.57 Å². The van der Waals surface area contributed by atoms with Crippen molar-refractivity contribution in [2.75, 3.05) is 11.6 Å². The molecule has 4 N–H and O–H groups in total. The third-order valence-electron chi connectivity index (χ3n) is 4.72. The predicted octanol–water partition coefficient (Wildman–Crippen LogP) is 1.60. The number of carbonyl (C=O) groups is 1. The van der Waals surface area contributed by atoms with Crippen molar-refractivity contribution in [1.82, 2.24) is 21.4 Å². The molecule has 0 radical (unpaired) electrons. The molecular formula is C17H22BrN5O. The van der Waals surface area contributed by atoms with Crippen LogP contribution in [0.3, 0.4) is 0 Å². The Morgan fingerprint density at radius 1 is 1.29 bits per heavy atom. The van der Waals surface area contributed by atoms with Crippen LogP contribution in [0.2, 0.25) is 0 Å². The number of amides is 1. The molecule has 0 aromatic heterocycles. The van der Waals surface area contributed by atoms with Crippen molar-refractivity contribution in [3.05, 3.63) is 39.5 Å². The molecule has 1 saturated carbocycles. The molecule has 1 aromatic rings. The zero-order valence-corrected chi connectivity index (χ0v) is 15.4. The van der Waals surface area contributed by atoms with E-state index in [1.807, 2.05) is 11.2 Å². The molecule has 2 aliphatic heterocycles. The van der Waals surface area contributed by atoms with Gasteiger partial charge in [0, 0.05) is 17.2 Å². The standard InChI is InChI=1S/C17H22BrN5O/c1-9-5-12(18)6-10(2)14(9)23-8-13-15(22-23)20-17(21-16(13)24)19-7-11-3-4-11/h5-6,8,11,15,17,19-20,22H,3-4,7H2,1-2H3,(H,21,24). The SMILES string of the molecule is Cc1cc(Br)cc(C)c1N1C=C2C(=O)NC(NCC3CC3)NC2N1. The van der Waals surface area contributed by atoms with Crippen molar-refractivity contribution < 1.29 is 4.79 Å². The molecule has 7 heteroatoms. The highest BCUT2D eigenvalue weighted by molar-refractivity contribution is 9.10. The van der Waals surface area contributed by atoms with Gasteiger partial charge in [-0.2, -0.15) is 0 Å². The van der Waals surface area contributed by atoms with Crippen LogP contribution in [-0.4, -0.2) is 24.9 Å². The first-order valence-corrected chi connectivity index (χ1v) is 9.15. The third kappa shape index (κ3) is 3.09. The van der Waals surface area contributed by atoms with E-state index in [9.17, 15) is 4.79 Å². The lowest BCUT2D eigenvalue weighted by molar-refractivity contribution is -0.120. The first-order chi connectivity index (χ1) is 11.5. The van der Waals surface area contributed by atoms with Crippen LogP contribution in [0.5, 0.6) is 0 Å². The number of carbonyl (C=O) groups excluding carboxylic acids is 1. The van der Waals surface area contributed by atoms with Crippen LogP contribution < -0.4 is 26.4 Å². The molecule has 3 aliphatic rings. The van der Waals surface area contributed by atoms with E-state index in [0.717, 1.165) is 33.7 Å². The maximum Gasteiger partial charge on any atom is 0.254 e. The van der Waals surface area contributed by atoms with Crippen molar-refractivity contribution in [3.8, 4) is 0 Å². The van der Waals surface area contributed by atoms with Gasteiger partial charge in [-0.1, -0.05) is 15.9 Å². The highest BCUT2D eigenvalue weighted by atomic mass is 79.9. The Hall–Kier alpha value is -1.41. The van der Waals surface area contributed by atoms with Crippen molar-refractivity contribution >= 4 is 27.5 Å². The number of rotatable bonds is 4. The fourth-order valence-electron chi connectivity index (χ4n) is 3.33. The summed E-state index contributed by atoms with van der Waals surface area (Å²) in [6, 6.07) is 4.16. The molecule has 1 saturated heterocycles. The minimum Gasteiger partial charge on any atom is -0.324 e. The Morgan fingerprint density at radius 3 is 2.67 bits per heavy atom. The Kier molecular flexibility index (Phi) is 4.12. The van der Waals surface area contributed by atoms with E-state index < -0.39 is 0 Å². The quantitative estimate of drug-likeness (QED) is 0.627. The van der Waals surface area contributed by atoms with Gasteiger partial charge in [-0.15, -0.1) is 0 Å². The number of benzene rings is 1. The Morgan fingerprint density at radius 2 is 2.00 bits per heavy atom. The molecule has 2 atom stereocenters. The van der Waals surface area contributed by atoms with E-state index in [1.54, 1.807) is 0 Å². The van der Waals surface area contributed by atoms with Crippen LogP contribution in [0.15, 0.2) is 28.4 Å².